The number of aromatic nitrogens is 1. The number of allylic oxidation sites excluding steroid dienone is 2. The van der Waals surface area contributed by atoms with Crippen LogP contribution in [0, 0.1) is 16.7 Å². The average Bonchev–Trinajstić information content (AvgIpc) is 2.98. The first-order valence-electron chi connectivity index (χ1n) is 9.96. The zero-order valence-corrected chi connectivity index (χ0v) is 18.3. The van der Waals surface area contributed by atoms with Gasteiger partial charge in [0.15, 0.2) is 5.78 Å². The highest BCUT2D eigenvalue weighted by molar-refractivity contribution is 6.30. The van der Waals surface area contributed by atoms with E-state index in [2.05, 4.69) is 50.6 Å². The van der Waals surface area contributed by atoms with E-state index in [9.17, 15) is 10.1 Å². The van der Waals surface area contributed by atoms with Crippen LogP contribution >= 0.6 is 11.6 Å². The van der Waals surface area contributed by atoms with E-state index in [-0.39, 0.29) is 22.7 Å². The average molecular weight is 408 g/mol. The van der Waals surface area contributed by atoms with Gasteiger partial charge in [-0.15, -0.1) is 0 Å². The van der Waals surface area contributed by atoms with Gasteiger partial charge in [0, 0.05) is 45.9 Å². The van der Waals surface area contributed by atoms with Crippen molar-refractivity contribution >= 4 is 23.2 Å². The summed E-state index contributed by atoms with van der Waals surface area (Å²) in [6.45, 7) is 10.6. The van der Waals surface area contributed by atoms with Gasteiger partial charge < -0.3 is 9.88 Å². The minimum atomic E-state index is -0.264. The molecule has 0 radical (unpaired) electrons. The Hall–Kier alpha value is -2.51. The van der Waals surface area contributed by atoms with Gasteiger partial charge in [0.05, 0.1) is 5.56 Å². The molecule has 150 valence electrons. The van der Waals surface area contributed by atoms with Crippen molar-refractivity contribution in [3.63, 3.8) is 0 Å². The molecular weight excluding hydrogens is 382 g/mol. The van der Waals surface area contributed by atoms with Crippen molar-refractivity contribution in [2.45, 2.75) is 58.9 Å². The molecule has 0 fully saturated rings. The summed E-state index contributed by atoms with van der Waals surface area (Å²) in [5.41, 5.74) is 3.95. The molecule has 1 N–H and O–H groups in total. The monoisotopic (exact) mass is 407 g/mol. The van der Waals surface area contributed by atoms with E-state index in [1.807, 2.05) is 30.5 Å². The van der Waals surface area contributed by atoms with E-state index in [4.69, 9.17) is 11.6 Å². The van der Waals surface area contributed by atoms with Crippen molar-refractivity contribution in [3.05, 3.63) is 63.4 Å². The minimum absolute atomic E-state index is 0.0951. The number of benzene rings is 1. The number of halogens is 1. The smallest absolute Gasteiger partial charge is 0.162 e. The van der Waals surface area contributed by atoms with Crippen molar-refractivity contribution in [1.29, 1.82) is 5.26 Å². The van der Waals surface area contributed by atoms with Crippen molar-refractivity contribution in [3.8, 4) is 6.07 Å². The summed E-state index contributed by atoms with van der Waals surface area (Å²) in [6, 6.07) is 10.00. The Morgan fingerprint density at radius 3 is 2.45 bits per heavy atom. The molecule has 1 aliphatic heterocycles. The second-order valence-electron chi connectivity index (χ2n) is 9.90. The van der Waals surface area contributed by atoms with Crippen LogP contribution in [0.1, 0.15) is 70.1 Å². The number of nitrogens with one attached hydrogen (secondary N) is 1. The number of carbonyl (C=O) groups is 1. The topological polar surface area (TPSA) is 57.8 Å². The molecular formula is C24H26ClN3O. The molecule has 0 saturated heterocycles. The minimum Gasteiger partial charge on any atom is -0.344 e. The molecule has 4 nitrogen and oxygen atoms in total. The lowest BCUT2D eigenvalue weighted by Gasteiger charge is -2.40. The van der Waals surface area contributed by atoms with E-state index in [1.54, 1.807) is 0 Å². The zero-order valence-electron chi connectivity index (χ0n) is 17.6. The largest absolute Gasteiger partial charge is 0.344 e. The highest BCUT2D eigenvalue weighted by Crippen LogP contribution is 2.51. The molecule has 0 spiro atoms. The maximum atomic E-state index is 13.3. The number of nitrogens with zero attached hydrogens (tertiary/aromatic N) is 2. The fourth-order valence-electron chi connectivity index (χ4n) is 4.62. The normalized spacial score (nSPS) is 20.6. The van der Waals surface area contributed by atoms with Crippen molar-refractivity contribution in [2.75, 3.05) is 5.32 Å². The lowest BCUT2D eigenvalue weighted by molar-refractivity contribution is -0.118. The molecule has 5 heteroatoms. The zero-order chi connectivity index (χ0) is 21.1. The van der Waals surface area contributed by atoms with Crippen molar-refractivity contribution < 1.29 is 4.79 Å². The van der Waals surface area contributed by atoms with Crippen LogP contribution in [0.15, 0.2) is 41.7 Å². The van der Waals surface area contributed by atoms with Crippen LogP contribution in [0.2, 0.25) is 5.02 Å². The van der Waals surface area contributed by atoms with E-state index < -0.39 is 0 Å². The molecule has 1 aliphatic carbocycles. The molecule has 1 aromatic carbocycles. The lowest BCUT2D eigenvalue weighted by atomic mass is 9.69. The Labute approximate surface area is 177 Å². The molecule has 2 aromatic rings. The maximum absolute atomic E-state index is 13.3. The Balaban J connectivity index is 2.02. The van der Waals surface area contributed by atoms with E-state index >= 15 is 0 Å². The second-order valence-corrected chi connectivity index (χ2v) is 10.3. The van der Waals surface area contributed by atoms with E-state index in [0.29, 0.717) is 17.0 Å². The Kier molecular flexibility index (Phi) is 4.44. The van der Waals surface area contributed by atoms with Gasteiger partial charge in [0.1, 0.15) is 11.9 Å². The molecule has 0 amide bonds. The predicted octanol–water partition coefficient (Wildman–Crippen LogP) is 5.97. The third kappa shape index (κ3) is 3.28. The van der Waals surface area contributed by atoms with Gasteiger partial charge in [-0.3, -0.25) is 4.79 Å². The number of anilines is 1. The number of ketones is 1. The van der Waals surface area contributed by atoms with Crippen molar-refractivity contribution in [2.24, 2.45) is 5.41 Å². The number of carbonyl (C=O) groups excluding carboxylic acids is 1. The third-order valence-electron chi connectivity index (χ3n) is 5.86. The highest BCUT2D eigenvalue weighted by Gasteiger charge is 2.43. The molecule has 0 saturated carbocycles. The lowest BCUT2D eigenvalue weighted by Crippen LogP contribution is -2.35. The molecule has 0 unspecified atom stereocenters. The molecule has 4 rings (SSSR count). The maximum Gasteiger partial charge on any atom is 0.162 e. The molecule has 1 atom stereocenters. The Bertz CT molecular complexity index is 1080. The van der Waals surface area contributed by atoms with Crippen LogP contribution in [-0.2, 0) is 10.3 Å². The molecule has 2 aliphatic rings. The number of nitriles is 1. The first-order valence-corrected chi connectivity index (χ1v) is 10.3. The van der Waals surface area contributed by atoms with Gasteiger partial charge >= 0.3 is 0 Å². The van der Waals surface area contributed by atoms with Crippen LogP contribution in [0.5, 0.6) is 0 Å². The first-order chi connectivity index (χ1) is 13.5. The number of hydrogen-bond donors (Lipinski definition) is 1. The van der Waals surface area contributed by atoms with Crippen LogP contribution in [-0.4, -0.2) is 10.4 Å². The summed E-state index contributed by atoms with van der Waals surface area (Å²) in [5, 5.41) is 14.1. The first kappa shape index (κ1) is 19.8. The standard InChI is InChI=1S/C24H26ClN3O/c1-23(2,3)28-13-15(12-26)20-19(14-6-8-16(25)9-7-14)21-17(27-22(20)28)10-24(4,5)11-18(21)29/h6-9,13,19,27H,10-11H2,1-5H3/t19-/m1/s1. The van der Waals surface area contributed by atoms with Crippen LogP contribution in [0.25, 0.3) is 0 Å². The highest BCUT2D eigenvalue weighted by atomic mass is 35.5. The number of hydrogen-bond acceptors (Lipinski definition) is 3. The summed E-state index contributed by atoms with van der Waals surface area (Å²) >= 11 is 6.13. The summed E-state index contributed by atoms with van der Waals surface area (Å²) in [4.78, 5) is 13.3. The van der Waals surface area contributed by atoms with E-state index in [0.717, 1.165) is 34.6 Å². The summed E-state index contributed by atoms with van der Waals surface area (Å²) in [7, 11) is 0. The summed E-state index contributed by atoms with van der Waals surface area (Å²) < 4.78 is 2.12. The summed E-state index contributed by atoms with van der Waals surface area (Å²) in [5.74, 6) is 0.806. The number of fused-ring (bicyclic) bond motifs is 1. The van der Waals surface area contributed by atoms with Crippen LogP contribution in [0.4, 0.5) is 5.82 Å². The quantitative estimate of drug-likeness (QED) is 0.633. The second kappa shape index (κ2) is 6.50. The Morgan fingerprint density at radius 2 is 1.86 bits per heavy atom. The number of rotatable bonds is 1. The van der Waals surface area contributed by atoms with Gasteiger partial charge in [0.2, 0.25) is 0 Å². The van der Waals surface area contributed by atoms with Gasteiger partial charge in [-0.1, -0.05) is 37.6 Å². The number of Topliss-reactive ketones (excluding diaryl/α,β-unsaturated/α-hetero) is 1. The third-order valence-corrected chi connectivity index (χ3v) is 6.11. The molecule has 29 heavy (non-hydrogen) atoms. The predicted molar refractivity (Wildman–Crippen MR) is 116 cm³/mol. The fraction of sp³-hybridized carbons (Fsp3) is 0.417. The van der Waals surface area contributed by atoms with Gasteiger partial charge in [-0.25, -0.2) is 0 Å². The van der Waals surface area contributed by atoms with Gasteiger partial charge in [0.25, 0.3) is 0 Å². The summed E-state index contributed by atoms with van der Waals surface area (Å²) in [6.07, 6.45) is 3.22. The van der Waals surface area contributed by atoms with Gasteiger partial charge in [-0.2, -0.15) is 5.26 Å². The molecule has 2 heterocycles. The van der Waals surface area contributed by atoms with Crippen LogP contribution in [0.3, 0.4) is 0 Å². The van der Waals surface area contributed by atoms with Crippen molar-refractivity contribution in [1.82, 2.24) is 4.57 Å². The molecule has 0 bridgehead atoms. The molecule has 1 aromatic heterocycles. The Morgan fingerprint density at radius 1 is 1.21 bits per heavy atom. The van der Waals surface area contributed by atoms with Crippen LogP contribution < -0.4 is 5.32 Å². The SMILES string of the molecule is CC1(C)CC(=O)C2=C(C1)Nc1c(c(C#N)cn1C(C)(C)C)[C@H]2c1ccc(Cl)cc1. The van der Waals surface area contributed by atoms with E-state index in [1.165, 1.54) is 0 Å². The fourth-order valence-corrected chi connectivity index (χ4v) is 4.74. The van der Waals surface area contributed by atoms with Gasteiger partial charge in [-0.05, 0) is 50.3 Å².